The molecule has 3 aromatic rings. The highest BCUT2D eigenvalue weighted by molar-refractivity contribution is 5.91. The van der Waals surface area contributed by atoms with E-state index < -0.39 is 23.3 Å². The second-order valence-corrected chi connectivity index (χ2v) is 9.26. The Hall–Kier alpha value is -3.21. The predicted molar refractivity (Wildman–Crippen MR) is 118 cm³/mol. The van der Waals surface area contributed by atoms with E-state index >= 15 is 0 Å². The van der Waals surface area contributed by atoms with Gasteiger partial charge < -0.3 is 9.64 Å². The number of hydrogen-bond donors (Lipinski definition) is 1. The minimum absolute atomic E-state index is 0.00226. The van der Waals surface area contributed by atoms with Gasteiger partial charge in [0.25, 0.3) is 0 Å². The second kappa shape index (κ2) is 7.93. The fraction of sp³-hybridized carbons (Fsp3) is 0.478. The van der Waals surface area contributed by atoms with E-state index in [1.807, 2.05) is 6.92 Å². The van der Waals surface area contributed by atoms with Crippen LogP contribution >= 0.6 is 0 Å². The summed E-state index contributed by atoms with van der Waals surface area (Å²) in [5, 5.41) is 6.90. The number of hydrogen-bond acceptors (Lipinski definition) is 5. The summed E-state index contributed by atoms with van der Waals surface area (Å²) < 4.78 is 48.2. The number of urea groups is 1. The molecular formula is C23H25F3N6O2. The van der Waals surface area contributed by atoms with Crippen molar-refractivity contribution in [2.24, 2.45) is 5.92 Å². The fourth-order valence-electron chi connectivity index (χ4n) is 5.55. The summed E-state index contributed by atoms with van der Waals surface area (Å²) in [5.74, 6) is 0.340. The van der Waals surface area contributed by atoms with E-state index in [0.29, 0.717) is 17.6 Å². The molecular weight excluding hydrogens is 449 g/mol. The van der Waals surface area contributed by atoms with Gasteiger partial charge in [-0.2, -0.15) is 13.2 Å². The summed E-state index contributed by atoms with van der Waals surface area (Å²) in [6.07, 6.45) is 1.47. The number of alkyl halides is 3. The zero-order valence-corrected chi connectivity index (χ0v) is 19.0. The van der Waals surface area contributed by atoms with Gasteiger partial charge in [0.2, 0.25) is 0 Å². The van der Waals surface area contributed by atoms with E-state index in [2.05, 4.69) is 27.3 Å². The first-order chi connectivity index (χ1) is 16.1. The maximum atomic E-state index is 13.7. The molecule has 1 aliphatic carbocycles. The van der Waals surface area contributed by atoms with Gasteiger partial charge in [0.05, 0.1) is 28.9 Å². The summed E-state index contributed by atoms with van der Waals surface area (Å²) in [5.41, 5.74) is -1.02. The number of carbonyl (C=O) groups excluding carboxylic acids is 1. The van der Waals surface area contributed by atoms with Crippen molar-refractivity contribution < 1.29 is 22.7 Å². The molecule has 2 unspecified atom stereocenters. The number of nitrogens with zero attached hydrogens (tertiary/aromatic N) is 5. The third kappa shape index (κ3) is 3.58. The third-order valence-electron chi connectivity index (χ3n) is 7.11. The van der Waals surface area contributed by atoms with E-state index in [4.69, 9.17) is 4.74 Å². The number of pyridine rings is 1. The molecule has 2 amide bonds. The molecule has 1 saturated heterocycles. The maximum absolute atomic E-state index is 13.7. The van der Waals surface area contributed by atoms with Gasteiger partial charge in [-0.3, -0.25) is 5.32 Å². The third-order valence-corrected chi connectivity index (χ3v) is 7.11. The van der Waals surface area contributed by atoms with Crippen molar-refractivity contribution in [3.05, 3.63) is 42.4 Å². The summed E-state index contributed by atoms with van der Waals surface area (Å²) in [6, 6.07) is 4.31. The van der Waals surface area contributed by atoms with Crippen LogP contribution in [0.25, 0.3) is 16.9 Å². The number of anilines is 1. The number of carbonyl (C=O) groups is 1. The van der Waals surface area contributed by atoms with Gasteiger partial charge in [-0.15, -0.1) is 5.10 Å². The van der Waals surface area contributed by atoms with Crippen molar-refractivity contribution >= 4 is 17.4 Å². The van der Waals surface area contributed by atoms with E-state index in [1.165, 1.54) is 16.8 Å². The molecule has 1 saturated carbocycles. The van der Waals surface area contributed by atoms with Crippen molar-refractivity contribution in [1.29, 1.82) is 0 Å². The molecule has 11 heteroatoms. The molecule has 1 aliphatic heterocycles. The maximum Gasteiger partial charge on any atom is 0.418 e. The molecule has 3 aromatic heterocycles. The molecule has 2 aliphatic rings. The van der Waals surface area contributed by atoms with E-state index in [9.17, 15) is 18.0 Å². The Morgan fingerprint density at radius 1 is 1.29 bits per heavy atom. The quantitative estimate of drug-likeness (QED) is 0.597. The molecule has 0 spiro atoms. The molecule has 0 radical (unpaired) electrons. The lowest BCUT2D eigenvalue weighted by atomic mass is 9.62. The van der Waals surface area contributed by atoms with Crippen molar-refractivity contribution in [2.75, 3.05) is 12.4 Å². The normalized spacial score (nSPS) is 25.2. The van der Waals surface area contributed by atoms with Crippen LogP contribution in [0.15, 0.2) is 36.8 Å². The Kier molecular flexibility index (Phi) is 5.27. The highest BCUT2D eigenvalue weighted by atomic mass is 19.4. The minimum Gasteiger partial charge on any atom is -0.379 e. The molecule has 0 aromatic carbocycles. The number of piperidine rings is 1. The molecule has 4 atom stereocenters. The van der Waals surface area contributed by atoms with Crippen molar-refractivity contribution in [2.45, 2.75) is 57.0 Å². The molecule has 8 nitrogen and oxygen atoms in total. The van der Waals surface area contributed by atoms with E-state index in [-0.39, 0.29) is 29.4 Å². The molecule has 4 heterocycles. The zero-order chi connectivity index (χ0) is 24.3. The number of likely N-dealkylation sites (tertiary alicyclic amines) is 1. The van der Waals surface area contributed by atoms with E-state index in [0.717, 1.165) is 19.3 Å². The van der Waals surface area contributed by atoms with Crippen LogP contribution in [0, 0.1) is 5.92 Å². The average Bonchev–Trinajstić information content (AvgIpc) is 3.25. The fourth-order valence-corrected chi connectivity index (χ4v) is 5.55. The van der Waals surface area contributed by atoms with Crippen LogP contribution in [0.5, 0.6) is 0 Å². The lowest BCUT2D eigenvalue weighted by molar-refractivity contribution is -0.155. The number of amides is 2. The Balaban J connectivity index is 1.48. The number of methoxy groups -OCH3 is 1. The van der Waals surface area contributed by atoms with Crippen LogP contribution in [-0.2, 0) is 10.9 Å². The summed E-state index contributed by atoms with van der Waals surface area (Å²) in [6.45, 7) is 4.10. The first-order valence-corrected chi connectivity index (χ1v) is 11.1. The van der Waals surface area contributed by atoms with Crippen LogP contribution in [0.1, 0.15) is 38.7 Å². The number of ether oxygens (including phenoxy) is 1. The Bertz CT molecular complexity index is 1240. The van der Waals surface area contributed by atoms with Crippen LogP contribution in [0.4, 0.5) is 23.8 Å². The van der Waals surface area contributed by atoms with Crippen LogP contribution in [-0.4, -0.2) is 55.3 Å². The molecule has 2 bridgehead atoms. The van der Waals surface area contributed by atoms with Gasteiger partial charge in [0, 0.05) is 31.1 Å². The van der Waals surface area contributed by atoms with Crippen molar-refractivity contribution in [1.82, 2.24) is 24.5 Å². The van der Waals surface area contributed by atoms with Gasteiger partial charge in [-0.1, -0.05) is 6.92 Å². The van der Waals surface area contributed by atoms with E-state index in [1.54, 1.807) is 30.3 Å². The Labute approximate surface area is 194 Å². The van der Waals surface area contributed by atoms with Gasteiger partial charge in [-0.05, 0) is 50.3 Å². The number of halogens is 3. The molecule has 180 valence electrons. The first-order valence-electron chi connectivity index (χ1n) is 11.1. The van der Waals surface area contributed by atoms with Crippen LogP contribution in [0.2, 0.25) is 0 Å². The second-order valence-electron chi connectivity index (χ2n) is 9.26. The Morgan fingerprint density at radius 3 is 2.82 bits per heavy atom. The van der Waals surface area contributed by atoms with Gasteiger partial charge in [-0.25, -0.2) is 19.3 Å². The summed E-state index contributed by atoms with van der Waals surface area (Å²) in [7, 11) is 1.62. The number of rotatable bonds is 4. The molecule has 5 rings (SSSR count). The molecule has 2 fully saturated rings. The minimum atomic E-state index is -4.66. The van der Waals surface area contributed by atoms with Crippen LogP contribution < -0.4 is 5.32 Å². The topological polar surface area (TPSA) is 84.7 Å². The standard InChI is InChI=1S/C23H25F3N6O2/c1-13-7-16-10-22(9-13,14(2)34-3)32(16)21(33)29-19-8-17(18(12-27-19)23(24,25)26)20-28-11-15-5-4-6-31(15)30-20/h4-6,8,11-14,16H,7,9-10H2,1-3H3,(H,27,29,33)/t13-,14+,16?,22?/m1/s1. The lowest BCUT2D eigenvalue weighted by Gasteiger charge is -2.65. The monoisotopic (exact) mass is 474 g/mol. The first kappa shape index (κ1) is 22.6. The lowest BCUT2D eigenvalue weighted by Crippen LogP contribution is -2.76. The van der Waals surface area contributed by atoms with Gasteiger partial charge in [0.15, 0.2) is 5.82 Å². The van der Waals surface area contributed by atoms with Crippen molar-refractivity contribution in [3.8, 4) is 11.4 Å². The Morgan fingerprint density at radius 2 is 2.09 bits per heavy atom. The molecule has 34 heavy (non-hydrogen) atoms. The smallest absolute Gasteiger partial charge is 0.379 e. The highest BCUT2D eigenvalue weighted by Gasteiger charge is 2.61. The predicted octanol–water partition coefficient (Wildman–Crippen LogP) is 4.62. The van der Waals surface area contributed by atoms with Crippen molar-refractivity contribution in [3.63, 3.8) is 0 Å². The van der Waals surface area contributed by atoms with Crippen LogP contribution in [0.3, 0.4) is 0 Å². The van der Waals surface area contributed by atoms with Gasteiger partial charge in [0.1, 0.15) is 5.82 Å². The average molecular weight is 474 g/mol. The SMILES string of the molecule is CO[C@@H](C)C12CC(C[C@@H](C)C1)N2C(=O)Nc1cc(-c2ncc3cccn3n2)c(C(F)(F)F)cn1. The number of fused-ring (bicyclic) bond motifs is 3. The number of aromatic nitrogens is 4. The highest BCUT2D eigenvalue weighted by Crippen LogP contribution is 2.52. The van der Waals surface area contributed by atoms with Gasteiger partial charge >= 0.3 is 12.2 Å². The summed E-state index contributed by atoms with van der Waals surface area (Å²) in [4.78, 5) is 23.0. The number of nitrogens with one attached hydrogen (secondary N) is 1. The zero-order valence-electron chi connectivity index (χ0n) is 19.0. The molecule has 1 N–H and O–H groups in total. The largest absolute Gasteiger partial charge is 0.418 e. The summed E-state index contributed by atoms with van der Waals surface area (Å²) >= 11 is 0.